The van der Waals surface area contributed by atoms with Crippen LogP contribution in [0.25, 0.3) is 0 Å². The Morgan fingerprint density at radius 3 is 2.31 bits per heavy atom. The van der Waals surface area contributed by atoms with Crippen molar-refractivity contribution < 1.29 is 4.74 Å². The van der Waals surface area contributed by atoms with Gasteiger partial charge in [-0.1, -0.05) is 26.2 Å². The third-order valence-electron chi connectivity index (χ3n) is 3.38. The van der Waals surface area contributed by atoms with Gasteiger partial charge in [0, 0.05) is 6.04 Å². The first-order chi connectivity index (χ1) is 7.53. The molecule has 0 aliphatic heterocycles. The van der Waals surface area contributed by atoms with Crippen LogP contribution < -0.4 is 5.32 Å². The van der Waals surface area contributed by atoms with E-state index < -0.39 is 0 Å². The van der Waals surface area contributed by atoms with Crippen LogP contribution >= 0.6 is 0 Å². The molecule has 0 radical (unpaired) electrons. The molecule has 0 bridgehead atoms. The summed E-state index contributed by atoms with van der Waals surface area (Å²) in [5, 5.41) is 3.60. The Hall–Kier alpha value is -0.0800. The Kier molecular flexibility index (Phi) is 5.77. The van der Waals surface area contributed by atoms with Gasteiger partial charge in [-0.05, 0) is 46.1 Å². The molecule has 1 N–H and O–H groups in total. The van der Waals surface area contributed by atoms with Crippen molar-refractivity contribution in [1.82, 2.24) is 5.32 Å². The Morgan fingerprint density at radius 1 is 1.19 bits per heavy atom. The second kappa shape index (κ2) is 6.61. The molecule has 0 amide bonds. The van der Waals surface area contributed by atoms with E-state index in [0.29, 0.717) is 6.04 Å². The third kappa shape index (κ3) is 5.31. The monoisotopic (exact) mass is 227 g/mol. The minimum Gasteiger partial charge on any atom is -0.374 e. The van der Waals surface area contributed by atoms with Gasteiger partial charge < -0.3 is 10.1 Å². The van der Waals surface area contributed by atoms with Crippen molar-refractivity contribution in [3.05, 3.63) is 0 Å². The van der Waals surface area contributed by atoms with E-state index in [-0.39, 0.29) is 5.60 Å². The molecule has 1 fully saturated rings. The van der Waals surface area contributed by atoms with E-state index in [1.165, 1.54) is 32.1 Å². The fraction of sp³-hybridized carbons (Fsp3) is 1.00. The number of rotatable bonds is 5. The van der Waals surface area contributed by atoms with Crippen molar-refractivity contribution >= 4 is 0 Å². The van der Waals surface area contributed by atoms with Crippen LogP contribution in [-0.4, -0.2) is 24.8 Å². The van der Waals surface area contributed by atoms with Crippen LogP contribution in [0, 0.1) is 5.92 Å². The van der Waals surface area contributed by atoms with E-state index in [1.807, 2.05) is 0 Å². The summed E-state index contributed by atoms with van der Waals surface area (Å²) in [4.78, 5) is 0. The summed E-state index contributed by atoms with van der Waals surface area (Å²) in [6.07, 6.45) is 7.00. The molecule has 0 aromatic rings. The van der Waals surface area contributed by atoms with Gasteiger partial charge in [-0.2, -0.15) is 0 Å². The van der Waals surface area contributed by atoms with E-state index in [2.05, 4.69) is 33.0 Å². The first-order valence-corrected chi connectivity index (χ1v) is 6.90. The molecule has 1 aliphatic rings. The van der Waals surface area contributed by atoms with Crippen molar-refractivity contribution in [2.24, 2.45) is 5.92 Å². The number of hydrogen-bond acceptors (Lipinski definition) is 2. The zero-order valence-electron chi connectivity index (χ0n) is 11.5. The maximum atomic E-state index is 5.93. The lowest BCUT2D eigenvalue weighted by Crippen LogP contribution is -2.42. The zero-order valence-corrected chi connectivity index (χ0v) is 11.5. The van der Waals surface area contributed by atoms with Crippen LogP contribution in [0.4, 0.5) is 0 Å². The molecular formula is C14H29NO. The molecule has 0 saturated heterocycles. The summed E-state index contributed by atoms with van der Waals surface area (Å²) in [7, 11) is 0. The number of ether oxygens (including phenoxy) is 1. The van der Waals surface area contributed by atoms with Gasteiger partial charge in [0.15, 0.2) is 0 Å². The highest BCUT2D eigenvalue weighted by atomic mass is 16.5. The summed E-state index contributed by atoms with van der Waals surface area (Å²) in [5.41, 5.74) is -0.0116. The standard InChI is InChI=1S/C14H29NO/c1-5-15-13(11-16-14(2,3)4)12-9-7-6-8-10-12/h12-13,15H,5-11H2,1-4H3. The molecule has 1 atom stereocenters. The van der Waals surface area contributed by atoms with Crippen LogP contribution in [0.5, 0.6) is 0 Å². The fourth-order valence-electron chi connectivity index (χ4n) is 2.50. The van der Waals surface area contributed by atoms with Gasteiger partial charge in [-0.15, -0.1) is 0 Å². The van der Waals surface area contributed by atoms with Gasteiger partial charge in [-0.3, -0.25) is 0 Å². The Labute approximate surface area is 101 Å². The highest BCUT2D eigenvalue weighted by Crippen LogP contribution is 2.27. The molecule has 1 saturated carbocycles. The number of hydrogen-bond donors (Lipinski definition) is 1. The predicted molar refractivity (Wildman–Crippen MR) is 69.7 cm³/mol. The van der Waals surface area contributed by atoms with Crippen molar-refractivity contribution in [3.63, 3.8) is 0 Å². The SMILES string of the molecule is CCNC(COC(C)(C)C)C1CCCCC1. The molecule has 96 valence electrons. The average Bonchev–Trinajstić information content (AvgIpc) is 2.24. The second-order valence-corrected chi connectivity index (χ2v) is 5.99. The lowest BCUT2D eigenvalue weighted by Gasteiger charge is -2.33. The van der Waals surface area contributed by atoms with Crippen LogP contribution in [0.1, 0.15) is 59.8 Å². The van der Waals surface area contributed by atoms with Crippen molar-refractivity contribution in [1.29, 1.82) is 0 Å². The van der Waals surface area contributed by atoms with E-state index in [0.717, 1.165) is 19.1 Å². The highest BCUT2D eigenvalue weighted by Gasteiger charge is 2.24. The minimum atomic E-state index is -0.0116. The van der Waals surface area contributed by atoms with Crippen LogP contribution in [-0.2, 0) is 4.74 Å². The first-order valence-electron chi connectivity index (χ1n) is 6.90. The molecule has 0 heterocycles. The molecule has 0 aromatic carbocycles. The van der Waals surface area contributed by atoms with Crippen molar-refractivity contribution in [3.8, 4) is 0 Å². The Bertz CT molecular complexity index is 180. The topological polar surface area (TPSA) is 21.3 Å². The Balaban J connectivity index is 2.39. The molecule has 16 heavy (non-hydrogen) atoms. The second-order valence-electron chi connectivity index (χ2n) is 5.99. The van der Waals surface area contributed by atoms with Gasteiger partial charge in [0.1, 0.15) is 0 Å². The van der Waals surface area contributed by atoms with Crippen LogP contribution in [0.2, 0.25) is 0 Å². The summed E-state index contributed by atoms with van der Waals surface area (Å²) >= 11 is 0. The summed E-state index contributed by atoms with van der Waals surface area (Å²) in [6.45, 7) is 10.5. The van der Waals surface area contributed by atoms with Crippen molar-refractivity contribution in [2.45, 2.75) is 71.4 Å². The largest absolute Gasteiger partial charge is 0.374 e. The van der Waals surface area contributed by atoms with E-state index in [4.69, 9.17) is 4.74 Å². The number of nitrogens with one attached hydrogen (secondary N) is 1. The van der Waals surface area contributed by atoms with E-state index >= 15 is 0 Å². The Morgan fingerprint density at radius 2 is 1.81 bits per heavy atom. The molecule has 2 heteroatoms. The lowest BCUT2D eigenvalue weighted by atomic mass is 9.84. The summed E-state index contributed by atoms with van der Waals surface area (Å²) < 4.78 is 5.93. The average molecular weight is 227 g/mol. The maximum Gasteiger partial charge on any atom is 0.0629 e. The molecule has 0 spiro atoms. The number of likely N-dealkylation sites (N-methyl/N-ethyl adjacent to an activating group) is 1. The highest BCUT2D eigenvalue weighted by molar-refractivity contribution is 4.79. The molecular weight excluding hydrogens is 198 g/mol. The van der Waals surface area contributed by atoms with Gasteiger partial charge in [0.2, 0.25) is 0 Å². The maximum absolute atomic E-state index is 5.93. The van der Waals surface area contributed by atoms with E-state index in [9.17, 15) is 0 Å². The van der Waals surface area contributed by atoms with Crippen LogP contribution in [0.3, 0.4) is 0 Å². The normalized spacial score (nSPS) is 21.0. The molecule has 1 aliphatic carbocycles. The van der Waals surface area contributed by atoms with Gasteiger partial charge in [-0.25, -0.2) is 0 Å². The molecule has 1 rings (SSSR count). The molecule has 2 nitrogen and oxygen atoms in total. The van der Waals surface area contributed by atoms with Gasteiger partial charge in [0.05, 0.1) is 12.2 Å². The smallest absolute Gasteiger partial charge is 0.0629 e. The summed E-state index contributed by atoms with van der Waals surface area (Å²) in [6, 6.07) is 0.560. The quantitative estimate of drug-likeness (QED) is 0.777. The zero-order chi connectivity index (χ0) is 12.0. The molecule has 1 unspecified atom stereocenters. The summed E-state index contributed by atoms with van der Waals surface area (Å²) in [5.74, 6) is 0.830. The van der Waals surface area contributed by atoms with Crippen LogP contribution in [0.15, 0.2) is 0 Å². The fourth-order valence-corrected chi connectivity index (χ4v) is 2.50. The van der Waals surface area contributed by atoms with E-state index in [1.54, 1.807) is 0 Å². The lowest BCUT2D eigenvalue weighted by molar-refractivity contribution is -0.0244. The van der Waals surface area contributed by atoms with Gasteiger partial charge in [0.25, 0.3) is 0 Å². The minimum absolute atomic E-state index is 0.0116. The first kappa shape index (κ1) is 14.0. The van der Waals surface area contributed by atoms with Gasteiger partial charge >= 0.3 is 0 Å². The molecule has 0 aromatic heterocycles. The predicted octanol–water partition coefficient (Wildman–Crippen LogP) is 3.36. The third-order valence-corrected chi connectivity index (χ3v) is 3.38. The van der Waals surface area contributed by atoms with Crippen molar-refractivity contribution in [2.75, 3.05) is 13.2 Å².